The molecule has 8 heteroatoms. The number of benzene rings is 2. The summed E-state index contributed by atoms with van der Waals surface area (Å²) >= 11 is 0. The van der Waals surface area contributed by atoms with Gasteiger partial charge in [-0.2, -0.15) is 0 Å². The van der Waals surface area contributed by atoms with E-state index in [0.717, 1.165) is 21.7 Å². The molecule has 2 aromatic rings. The Kier molecular flexibility index (Phi) is 7.72. The van der Waals surface area contributed by atoms with Crippen LogP contribution in [-0.2, 0) is 14.8 Å². The molecule has 0 saturated heterocycles. The highest BCUT2D eigenvalue weighted by atomic mass is 32.2. The largest absolute Gasteiger partial charge is 0.497 e. The number of rotatable bonds is 9. The average Bonchev–Trinajstić information content (AvgIpc) is 2.71. The molecule has 0 saturated carbocycles. The molecule has 0 fully saturated rings. The fraction of sp³-hybridized carbons (Fsp3) is 0.409. The summed E-state index contributed by atoms with van der Waals surface area (Å²) < 4.78 is 36.9. The van der Waals surface area contributed by atoms with Gasteiger partial charge in [0.15, 0.2) is 0 Å². The summed E-state index contributed by atoms with van der Waals surface area (Å²) in [6.45, 7) is 5.52. The van der Waals surface area contributed by atoms with Gasteiger partial charge >= 0.3 is 0 Å². The minimum absolute atomic E-state index is 0.228. The third-order valence-electron chi connectivity index (χ3n) is 4.92. The van der Waals surface area contributed by atoms with E-state index >= 15 is 0 Å². The van der Waals surface area contributed by atoms with Crippen molar-refractivity contribution in [1.29, 1.82) is 0 Å². The van der Waals surface area contributed by atoms with E-state index in [1.807, 2.05) is 38.1 Å². The Balaban J connectivity index is 2.39. The summed E-state index contributed by atoms with van der Waals surface area (Å²) in [7, 11) is -0.864. The van der Waals surface area contributed by atoms with Crippen LogP contribution in [-0.4, -0.2) is 40.8 Å². The lowest BCUT2D eigenvalue weighted by molar-refractivity contribution is -0.122. The average molecular weight is 435 g/mol. The van der Waals surface area contributed by atoms with Gasteiger partial charge in [-0.25, -0.2) is 8.42 Å². The first-order chi connectivity index (χ1) is 14.1. The standard InChI is InChI=1S/C22H30N2O5S/c1-7-19(17-10-8-15(2)9-11-17)23-22(25)16(3)24(30(6,26)27)20-14-18(28-4)12-13-21(20)29-5/h8-14,16,19H,7H2,1-6H3,(H,23,25)/t16-,19-/m1/s1. The van der Waals surface area contributed by atoms with Crippen molar-refractivity contribution in [2.75, 3.05) is 24.8 Å². The van der Waals surface area contributed by atoms with Gasteiger partial charge in [-0.1, -0.05) is 36.8 Å². The highest BCUT2D eigenvalue weighted by Gasteiger charge is 2.32. The van der Waals surface area contributed by atoms with Gasteiger partial charge in [-0.15, -0.1) is 0 Å². The number of ether oxygens (including phenoxy) is 2. The lowest BCUT2D eigenvalue weighted by atomic mass is 10.0. The van der Waals surface area contributed by atoms with Crippen molar-refractivity contribution in [1.82, 2.24) is 5.32 Å². The number of nitrogens with zero attached hydrogens (tertiary/aromatic N) is 1. The molecule has 1 amide bonds. The van der Waals surface area contributed by atoms with E-state index in [4.69, 9.17) is 9.47 Å². The third-order valence-corrected chi connectivity index (χ3v) is 6.14. The summed E-state index contributed by atoms with van der Waals surface area (Å²) in [4.78, 5) is 13.1. The smallest absolute Gasteiger partial charge is 0.244 e. The molecule has 1 N–H and O–H groups in total. The molecule has 30 heavy (non-hydrogen) atoms. The van der Waals surface area contributed by atoms with Gasteiger partial charge in [0.25, 0.3) is 0 Å². The number of anilines is 1. The van der Waals surface area contributed by atoms with Crippen LogP contribution in [0.3, 0.4) is 0 Å². The van der Waals surface area contributed by atoms with Gasteiger partial charge in [-0.3, -0.25) is 9.10 Å². The van der Waals surface area contributed by atoms with Crippen LogP contribution in [0.5, 0.6) is 11.5 Å². The molecule has 0 radical (unpaired) electrons. The lowest BCUT2D eigenvalue weighted by Gasteiger charge is -2.31. The Morgan fingerprint density at radius 3 is 2.23 bits per heavy atom. The van der Waals surface area contributed by atoms with Crippen LogP contribution in [0.1, 0.15) is 37.4 Å². The van der Waals surface area contributed by atoms with Crippen molar-refractivity contribution >= 4 is 21.6 Å². The first kappa shape index (κ1) is 23.5. The van der Waals surface area contributed by atoms with E-state index in [1.165, 1.54) is 14.2 Å². The van der Waals surface area contributed by atoms with Crippen LogP contribution >= 0.6 is 0 Å². The van der Waals surface area contributed by atoms with E-state index in [0.29, 0.717) is 17.9 Å². The summed E-state index contributed by atoms with van der Waals surface area (Å²) in [5.74, 6) is 0.377. The zero-order valence-corrected chi connectivity index (χ0v) is 19.1. The second-order valence-corrected chi connectivity index (χ2v) is 9.01. The summed E-state index contributed by atoms with van der Waals surface area (Å²) in [6.07, 6.45) is 1.73. The van der Waals surface area contributed by atoms with Crippen molar-refractivity contribution in [3.05, 3.63) is 53.6 Å². The number of aryl methyl sites for hydroxylation is 1. The number of amides is 1. The third kappa shape index (κ3) is 5.44. The number of carbonyl (C=O) groups is 1. The normalized spacial score (nSPS) is 13.3. The monoisotopic (exact) mass is 434 g/mol. The molecular formula is C22H30N2O5S. The number of nitrogens with one attached hydrogen (secondary N) is 1. The Labute approximate surface area is 179 Å². The molecule has 2 atom stereocenters. The van der Waals surface area contributed by atoms with Gasteiger partial charge in [0, 0.05) is 6.07 Å². The number of sulfonamides is 1. The van der Waals surface area contributed by atoms with E-state index in [-0.39, 0.29) is 11.7 Å². The summed E-state index contributed by atoms with van der Waals surface area (Å²) in [6, 6.07) is 11.5. The van der Waals surface area contributed by atoms with Crippen LogP contribution in [0.15, 0.2) is 42.5 Å². The molecule has 0 spiro atoms. The SMILES string of the molecule is CC[C@@H](NC(=O)[C@@H](C)N(c1cc(OC)ccc1OC)S(C)(=O)=O)c1ccc(C)cc1. The second-order valence-electron chi connectivity index (χ2n) is 7.15. The first-order valence-electron chi connectivity index (χ1n) is 9.70. The fourth-order valence-electron chi connectivity index (χ4n) is 3.26. The molecule has 2 rings (SSSR count). The number of hydrogen-bond donors (Lipinski definition) is 1. The van der Waals surface area contributed by atoms with Gasteiger partial charge in [-0.05, 0) is 38.0 Å². The van der Waals surface area contributed by atoms with Crippen molar-refractivity contribution in [2.45, 2.75) is 39.3 Å². The van der Waals surface area contributed by atoms with Crippen molar-refractivity contribution in [2.24, 2.45) is 0 Å². The van der Waals surface area contributed by atoms with Crippen LogP contribution in [0, 0.1) is 6.92 Å². The van der Waals surface area contributed by atoms with Crippen LogP contribution in [0.2, 0.25) is 0 Å². The second kappa shape index (κ2) is 9.84. The van der Waals surface area contributed by atoms with E-state index in [2.05, 4.69) is 5.32 Å². The molecule has 0 heterocycles. The number of carbonyl (C=O) groups excluding carboxylic acids is 1. The highest BCUT2D eigenvalue weighted by molar-refractivity contribution is 7.92. The molecule has 0 aromatic heterocycles. The Bertz CT molecular complexity index is 974. The van der Waals surface area contributed by atoms with E-state index in [9.17, 15) is 13.2 Å². The summed E-state index contributed by atoms with van der Waals surface area (Å²) in [5, 5.41) is 2.97. The maximum atomic E-state index is 13.1. The summed E-state index contributed by atoms with van der Waals surface area (Å²) in [5.41, 5.74) is 2.33. The van der Waals surface area contributed by atoms with Crippen LogP contribution < -0.4 is 19.1 Å². The molecule has 0 aliphatic heterocycles. The van der Waals surface area contributed by atoms with E-state index in [1.54, 1.807) is 25.1 Å². The topological polar surface area (TPSA) is 84.9 Å². The molecule has 164 valence electrons. The maximum absolute atomic E-state index is 13.1. The fourth-order valence-corrected chi connectivity index (χ4v) is 4.43. The molecule has 2 aromatic carbocycles. The van der Waals surface area contributed by atoms with Crippen LogP contribution in [0.25, 0.3) is 0 Å². The van der Waals surface area contributed by atoms with Gasteiger partial charge in [0.05, 0.1) is 32.2 Å². The predicted molar refractivity (Wildman–Crippen MR) is 119 cm³/mol. The maximum Gasteiger partial charge on any atom is 0.244 e. The number of methoxy groups -OCH3 is 2. The van der Waals surface area contributed by atoms with Crippen LogP contribution in [0.4, 0.5) is 5.69 Å². The molecule has 0 unspecified atom stereocenters. The zero-order valence-electron chi connectivity index (χ0n) is 18.3. The lowest BCUT2D eigenvalue weighted by Crippen LogP contribution is -2.48. The van der Waals surface area contributed by atoms with E-state index < -0.39 is 22.0 Å². The zero-order chi connectivity index (χ0) is 22.5. The first-order valence-corrected chi connectivity index (χ1v) is 11.6. The Hall–Kier alpha value is -2.74. The number of hydrogen-bond acceptors (Lipinski definition) is 5. The Morgan fingerprint density at radius 2 is 1.73 bits per heavy atom. The van der Waals surface area contributed by atoms with Gasteiger partial charge in [0.2, 0.25) is 15.9 Å². The van der Waals surface area contributed by atoms with Crippen molar-refractivity contribution in [3.8, 4) is 11.5 Å². The van der Waals surface area contributed by atoms with Gasteiger partial charge < -0.3 is 14.8 Å². The van der Waals surface area contributed by atoms with Crippen molar-refractivity contribution in [3.63, 3.8) is 0 Å². The minimum atomic E-state index is -3.80. The quantitative estimate of drug-likeness (QED) is 0.654. The van der Waals surface area contributed by atoms with Gasteiger partial charge in [0.1, 0.15) is 17.5 Å². The Morgan fingerprint density at radius 1 is 1.10 bits per heavy atom. The predicted octanol–water partition coefficient (Wildman–Crippen LogP) is 3.43. The molecule has 0 bridgehead atoms. The highest BCUT2D eigenvalue weighted by Crippen LogP contribution is 2.35. The minimum Gasteiger partial charge on any atom is -0.497 e. The molecular weight excluding hydrogens is 404 g/mol. The molecule has 0 aliphatic carbocycles. The molecule has 0 aliphatic rings. The molecule has 7 nitrogen and oxygen atoms in total. The van der Waals surface area contributed by atoms with Crippen molar-refractivity contribution < 1.29 is 22.7 Å².